The van der Waals surface area contributed by atoms with E-state index in [0.717, 1.165) is 28.0 Å². The third-order valence-corrected chi connectivity index (χ3v) is 3.98. The third kappa shape index (κ3) is 2.43. The summed E-state index contributed by atoms with van der Waals surface area (Å²) in [6.45, 7) is 0. The first-order valence-corrected chi connectivity index (χ1v) is 7.52. The summed E-state index contributed by atoms with van der Waals surface area (Å²) in [6.07, 6.45) is 3.41. The van der Waals surface area contributed by atoms with Gasteiger partial charge in [0.2, 0.25) is 5.56 Å². The standard InChI is InChI=1S/C18H12ClN3O/c19-13-3-5-14(6-4-13)22-16-2-1-8-20-15(16)11-17(22)12-7-9-21-18(23)10-12/h1-11H,(H,21,23). The Morgan fingerprint density at radius 1 is 1.04 bits per heavy atom. The van der Waals surface area contributed by atoms with E-state index in [9.17, 15) is 4.79 Å². The molecular weight excluding hydrogens is 310 g/mol. The first-order valence-electron chi connectivity index (χ1n) is 7.14. The van der Waals surface area contributed by atoms with Crippen molar-refractivity contribution in [1.29, 1.82) is 0 Å². The molecule has 0 bridgehead atoms. The normalized spacial score (nSPS) is 11.0. The van der Waals surface area contributed by atoms with Crippen LogP contribution >= 0.6 is 11.6 Å². The number of nitrogens with one attached hydrogen (secondary N) is 1. The molecule has 3 heterocycles. The van der Waals surface area contributed by atoms with E-state index in [1.165, 1.54) is 0 Å². The number of rotatable bonds is 2. The van der Waals surface area contributed by atoms with Gasteiger partial charge in [0.25, 0.3) is 0 Å². The number of benzene rings is 1. The lowest BCUT2D eigenvalue weighted by atomic mass is 10.2. The van der Waals surface area contributed by atoms with Gasteiger partial charge in [-0.1, -0.05) is 11.6 Å². The minimum absolute atomic E-state index is 0.136. The van der Waals surface area contributed by atoms with Crippen LogP contribution in [0.15, 0.2) is 71.8 Å². The zero-order valence-electron chi connectivity index (χ0n) is 12.0. The average Bonchev–Trinajstić information content (AvgIpc) is 2.95. The molecule has 3 aromatic heterocycles. The van der Waals surface area contributed by atoms with Gasteiger partial charge in [-0.15, -0.1) is 0 Å². The molecule has 4 nitrogen and oxygen atoms in total. The number of halogens is 1. The number of aromatic amines is 1. The molecule has 0 saturated heterocycles. The number of fused-ring (bicyclic) bond motifs is 1. The van der Waals surface area contributed by atoms with E-state index in [-0.39, 0.29) is 5.56 Å². The van der Waals surface area contributed by atoms with Crippen molar-refractivity contribution in [3.63, 3.8) is 0 Å². The quantitative estimate of drug-likeness (QED) is 0.606. The zero-order chi connectivity index (χ0) is 15.8. The van der Waals surface area contributed by atoms with Gasteiger partial charge in [-0.3, -0.25) is 9.78 Å². The molecule has 0 saturated carbocycles. The number of pyridine rings is 2. The highest BCUT2D eigenvalue weighted by atomic mass is 35.5. The van der Waals surface area contributed by atoms with Crippen molar-refractivity contribution >= 4 is 22.6 Å². The van der Waals surface area contributed by atoms with Crippen LogP contribution in [0.3, 0.4) is 0 Å². The fraction of sp³-hybridized carbons (Fsp3) is 0. The van der Waals surface area contributed by atoms with Crippen molar-refractivity contribution in [2.45, 2.75) is 0 Å². The molecule has 0 radical (unpaired) electrons. The van der Waals surface area contributed by atoms with Crippen LogP contribution in [0.25, 0.3) is 28.0 Å². The van der Waals surface area contributed by atoms with Crippen LogP contribution in [0.2, 0.25) is 5.02 Å². The number of nitrogens with zero attached hydrogens (tertiary/aromatic N) is 2. The lowest BCUT2D eigenvalue weighted by molar-refractivity contribution is 1.12. The van der Waals surface area contributed by atoms with E-state index in [1.807, 2.05) is 48.5 Å². The van der Waals surface area contributed by atoms with Crippen molar-refractivity contribution in [3.8, 4) is 16.9 Å². The molecular formula is C18H12ClN3O. The molecule has 0 aliphatic carbocycles. The van der Waals surface area contributed by atoms with Gasteiger partial charge in [0.1, 0.15) is 0 Å². The number of hydrogen-bond acceptors (Lipinski definition) is 2. The van der Waals surface area contributed by atoms with Crippen LogP contribution in [-0.2, 0) is 0 Å². The van der Waals surface area contributed by atoms with Crippen LogP contribution in [0.1, 0.15) is 0 Å². The smallest absolute Gasteiger partial charge is 0.248 e. The molecule has 4 aromatic rings. The van der Waals surface area contributed by atoms with E-state index >= 15 is 0 Å². The van der Waals surface area contributed by atoms with E-state index in [0.29, 0.717) is 5.02 Å². The van der Waals surface area contributed by atoms with Crippen LogP contribution in [-0.4, -0.2) is 14.5 Å². The zero-order valence-corrected chi connectivity index (χ0v) is 12.8. The Morgan fingerprint density at radius 3 is 2.65 bits per heavy atom. The summed E-state index contributed by atoms with van der Waals surface area (Å²) in [6, 6.07) is 16.9. The second-order valence-electron chi connectivity index (χ2n) is 5.19. The minimum atomic E-state index is -0.136. The van der Waals surface area contributed by atoms with E-state index < -0.39 is 0 Å². The highest BCUT2D eigenvalue weighted by molar-refractivity contribution is 6.30. The predicted molar refractivity (Wildman–Crippen MR) is 92.1 cm³/mol. The Kier molecular flexibility index (Phi) is 3.24. The highest BCUT2D eigenvalue weighted by Crippen LogP contribution is 2.30. The van der Waals surface area contributed by atoms with Gasteiger partial charge < -0.3 is 9.55 Å². The largest absolute Gasteiger partial charge is 0.329 e. The van der Waals surface area contributed by atoms with Crippen LogP contribution in [0.4, 0.5) is 0 Å². The van der Waals surface area contributed by atoms with Gasteiger partial charge in [0, 0.05) is 34.7 Å². The summed E-state index contributed by atoms with van der Waals surface area (Å²) in [5, 5.41) is 0.682. The Hall–Kier alpha value is -2.85. The molecule has 0 unspecified atom stereocenters. The van der Waals surface area contributed by atoms with Crippen molar-refractivity contribution < 1.29 is 0 Å². The maximum absolute atomic E-state index is 11.7. The molecule has 0 fully saturated rings. The van der Waals surface area contributed by atoms with Gasteiger partial charge in [-0.2, -0.15) is 0 Å². The summed E-state index contributed by atoms with van der Waals surface area (Å²) in [5.74, 6) is 0. The maximum atomic E-state index is 11.7. The topological polar surface area (TPSA) is 50.7 Å². The van der Waals surface area contributed by atoms with E-state index in [2.05, 4.69) is 14.5 Å². The van der Waals surface area contributed by atoms with Crippen molar-refractivity contribution in [2.75, 3.05) is 0 Å². The molecule has 1 aromatic carbocycles. The fourth-order valence-electron chi connectivity index (χ4n) is 2.72. The summed E-state index contributed by atoms with van der Waals surface area (Å²) in [5.41, 5.74) is 4.42. The van der Waals surface area contributed by atoms with Gasteiger partial charge in [-0.25, -0.2) is 0 Å². The van der Waals surface area contributed by atoms with Crippen LogP contribution in [0, 0.1) is 0 Å². The predicted octanol–water partition coefficient (Wildman–Crippen LogP) is 4.03. The van der Waals surface area contributed by atoms with Crippen LogP contribution < -0.4 is 5.56 Å². The van der Waals surface area contributed by atoms with Gasteiger partial charge in [0.05, 0.1) is 16.7 Å². The van der Waals surface area contributed by atoms with Crippen molar-refractivity contribution in [2.24, 2.45) is 0 Å². The summed E-state index contributed by atoms with van der Waals surface area (Å²) >= 11 is 6.00. The van der Waals surface area contributed by atoms with Gasteiger partial charge in [-0.05, 0) is 48.5 Å². The van der Waals surface area contributed by atoms with Crippen LogP contribution in [0.5, 0.6) is 0 Å². The Morgan fingerprint density at radius 2 is 1.87 bits per heavy atom. The minimum Gasteiger partial charge on any atom is -0.329 e. The molecule has 0 atom stereocenters. The lowest BCUT2D eigenvalue weighted by Gasteiger charge is -2.11. The van der Waals surface area contributed by atoms with Crippen molar-refractivity contribution in [3.05, 3.63) is 82.4 Å². The maximum Gasteiger partial charge on any atom is 0.248 e. The molecule has 112 valence electrons. The van der Waals surface area contributed by atoms with Gasteiger partial charge >= 0.3 is 0 Å². The number of H-pyrrole nitrogens is 1. The summed E-state index contributed by atoms with van der Waals surface area (Å²) in [4.78, 5) is 18.7. The second kappa shape index (κ2) is 5.41. The average molecular weight is 322 g/mol. The molecule has 4 rings (SSSR count). The Labute approximate surface area is 137 Å². The van der Waals surface area contributed by atoms with E-state index in [4.69, 9.17) is 11.6 Å². The number of hydrogen-bond donors (Lipinski definition) is 1. The molecule has 23 heavy (non-hydrogen) atoms. The lowest BCUT2D eigenvalue weighted by Crippen LogP contribution is -2.04. The SMILES string of the molecule is O=c1cc(-c2cc3ncccc3n2-c2ccc(Cl)cc2)cc[nH]1. The summed E-state index contributed by atoms with van der Waals surface area (Å²) in [7, 11) is 0. The van der Waals surface area contributed by atoms with E-state index in [1.54, 1.807) is 18.5 Å². The Balaban J connectivity index is 2.06. The summed E-state index contributed by atoms with van der Waals surface area (Å²) < 4.78 is 2.08. The third-order valence-electron chi connectivity index (χ3n) is 3.73. The fourth-order valence-corrected chi connectivity index (χ4v) is 2.84. The molecule has 0 aliphatic rings. The molecule has 5 heteroatoms. The monoisotopic (exact) mass is 321 g/mol. The van der Waals surface area contributed by atoms with Crippen molar-refractivity contribution in [1.82, 2.24) is 14.5 Å². The molecule has 1 N–H and O–H groups in total. The Bertz CT molecular complexity index is 1050. The van der Waals surface area contributed by atoms with Gasteiger partial charge in [0.15, 0.2) is 0 Å². The molecule has 0 spiro atoms. The number of aromatic nitrogens is 3. The second-order valence-corrected chi connectivity index (χ2v) is 5.63. The molecule has 0 amide bonds. The first-order chi connectivity index (χ1) is 11.2. The molecule has 0 aliphatic heterocycles. The highest BCUT2D eigenvalue weighted by Gasteiger charge is 2.13. The first kappa shape index (κ1) is 13.8.